The minimum Gasteiger partial charge on any atom is -0.396 e. The number of nitrogens with zero attached hydrogens (tertiary/aromatic N) is 2. The summed E-state index contributed by atoms with van der Waals surface area (Å²) in [6, 6.07) is 15.6. The van der Waals surface area contributed by atoms with Gasteiger partial charge in [-0.05, 0) is 30.7 Å². The molecule has 0 radical (unpaired) electrons. The molecule has 3 rings (SSSR count). The molecule has 0 aliphatic rings. The summed E-state index contributed by atoms with van der Waals surface area (Å²) in [6.07, 6.45) is 1.83. The molecule has 3 aromatic rings. The van der Waals surface area contributed by atoms with Gasteiger partial charge in [-0.1, -0.05) is 41.9 Å². The minimum absolute atomic E-state index is 0.635. The van der Waals surface area contributed by atoms with Gasteiger partial charge in [0.15, 0.2) is 0 Å². The molecule has 0 spiro atoms. The number of benzene rings is 2. The number of hydrogen-bond donors (Lipinski definition) is 1. The molecular formula is C16H14ClN3. The van der Waals surface area contributed by atoms with Crippen LogP contribution in [0.3, 0.4) is 0 Å². The van der Waals surface area contributed by atoms with Gasteiger partial charge in [0.2, 0.25) is 0 Å². The van der Waals surface area contributed by atoms with Crippen molar-refractivity contribution in [3.63, 3.8) is 0 Å². The molecule has 2 aromatic carbocycles. The highest BCUT2D eigenvalue weighted by Gasteiger charge is 2.10. The second kappa shape index (κ2) is 5.02. The molecule has 4 heteroatoms. The van der Waals surface area contributed by atoms with Crippen LogP contribution in [0.5, 0.6) is 0 Å². The van der Waals surface area contributed by atoms with E-state index in [9.17, 15) is 0 Å². The van der Waals surface area contributed by atoms with E-state index in [2.05, 4.69) is 5.10 Å². The molecule has 3 nitrogen and oxygen atoms in total. The molecule has 0 amide bonds. The van der Waals surface area contributed by atoms with Crippen molar-refractivity contribution in [1.29, 1.82) is 0 Å². The molecule has 0 unspecified atom stereocenters. The SMILES string of the molecule is Cc1ccccc1-n1cc(N)c(-c2cccc(Cl)c2)n1. The van der Waals surface area contributed by atoms with Crippen molar-refractivity contribution in [3.8, 4) is 16.9 Å². The van der Waals surface area contributed by atoms with E-state index in [0.29, 0.717) is 10.7 Å². The van der Waals surface area contributed by atoms with Crippen LogP contribution in [0.15, 0.2) is 54.7 Å². The molecule has 0 aliphatic carbocycles. The molecule has 0 fully saturated rings. The van der Waals surface area contributed by atoms with Crippen LogP contribution in [-0.4, -0.2) is 9.78 Å². The van der Waals surface area contributed by atoms with Crippen LogP contribution in [0.4, 0.5) is 5.69 Å². The van der Waals surface area contributed by atoms with Crippen molar-refractivity contribution in [3.05, 3.63) is 65.3 Å². The molecule has 0 aliphatic heterocycles. The number of para-hydroxylation sites is 1. The Bertz CT molecular complexity index is 762. The first kappa shape index (κ1) is 12.8. The zero-order chi connectivity index (χ0) is 14.1. The van der Waals surface area contributed by atoms with E-state index in [4.69, 9.17) is 17.3 Å². The average molecular weight is 284 g/mol. The molecule has 0 bridgehead atoms. The van der Waals surface area contributed by atoms with Crippen LogP contribution < -0.4 is 5.73 Å². The van der Waals surface area contributed by atoms with Gasteiger partial charge < -0.3 is 5.73 Å². The fraction of sp³-hybridized carbons (Fsp3) is 0.0625. The van der Waals surface area contributed by atoms with Gasteiger partial charge in [-0.25, -0.2) is 4.68 Å². The van der Waals surface area contributed by atoms with E-state index in [0.717, 1.165) is 22.5 Å². The van der Waals surface area contributed by atoms with E-state index in [1.165, 1.54) is 0 Å². The number of aromatic nitrogens is 2. The number of nitrogen functional groups attached to an aromatic ring is 1. The van der Waals surface area contributed by atoms with E-state index in [-0.39, 0.29) is 0 Å². The lowest BCUT2D eigenvalue weighted by Gasteiger charge is -2.04. The predicted molar refractivity (Wildman–Crippen MR) is 83.2 cm³/mol. The first-order valence-electron chi connectivity index (χ1n) is 6.32. The van der Waals surface area contributed by atoms with Crippen molar-refractivity contribution in [1.82, 2.24) is 9.78 Å². The van der Waals surface area contributed by atoms with E-state index < -0.39 is 0 Å². The smallest absolute Gasteiger partial charge is 0.116 e. The maximum Gasteiger partial charge on any atom is 0.116 e. The van der Waals surface area contributed by atoms with Crippen molar-refractivity contribution in [2.75, 3.05) is 5.73 Å². The van der Waals surface area contributed by atoms with Crippen molar-refractivity contribution >= 4 is 17.3 Å². The van der Waals surface area contributed by atoms with Crippen molar-refractivity contribution in [2.24, 2.45) is 0 Å². The fourth-order valence-electron chi connectivity index (χ4n) is 2.19. The standard InChI is InChI=1S/C16H14ClN3/c1-11-5-2-3-8-15(11)20-10-14(18)16(19-20)12-6-4-7-13(17)9-12/h2-10H,18H2,1H3. The van der Waals surface area contributed by atoms with Gasteiger partial charge in [0.25, 0.3) is 0 Å². The van der Waals surface area contributed by atoms with Gasteiger partial charge in [-0.3, -0.25) is 0 Å². The quantitative estimate of drug-likeness (QED) is 0.770. The number of rotatable bonds is 2. The molecule has 0 saturated carbocycles. The maximum absolute atomic E-state index is 6.08. The van der Waals surface area contributed by atoms with E-state index in [1.54, 1.807) is 4.68 Å². The number of anilines is 1. The van der Waals surface area contributed by atoms with Gasteiger partial charge in [0.05, 0.1) is 17.6 Å². The van der Waals surface area contributed by atoms with Gasteiger partial charge >= 0.3 is 0 Å². The zero-order valence-corrected chi connectivity index (χ0v) is 11.8. The third-order valence-corrected chi connectivity index (χ3v) is 3.44. The highest BCUT2D eigenvalue weighted by atomic mass is 35.5. The minimum atomic E-state index is 0.635. The number of aryl methyl sites for hydroxylation is 1. The van der Waals surface area contributed by atoms with Gasteiger partial charge in [-0.2, -0.15) is 5.10 Å². The summed E-state index contributed by atoms with van der Waals surface area (Å²) in [5.74, 6) is 0. The predicted octanol–water partition coefficient (Wildman–Crippen LogP) is 4.08. The Kier molecular flexibility index (Phi) is 3.20. The number of hydrogen-bond acceptors (Lipinski definition) is 2. The van der Waals surface area contributed by atoms with Crippen LogP contribution in [0.1, 0.15) is 5.56 Å². The van der Waals surface area contributed by atoms with Crippen LogP contribution >= 0.6 is 11.6 Å². The summed E-state index contributed by atoms with van der Waals surface area (Å²) in [4.78, 5) is 0. The number of nitrogens with two attached hydrogens (primary N) is 1. The molecule has 100 valence electrons. The molecule has 1 heterocycles. The maximum atomic E-state index is 6.08. The first-order chi connectivity index (χ1) is 9.65. The Morgan fingerprint density at radius 2 is 1.90 bits per heavy atom. The monoisotopic (exact) mass is 283 g/mol. The summed E-state index contributed by atoms with van der Waals surface area (Å²) >= 11 is 6.02. The Morgan fingerprint density at radius 3 is 2.65 bits per heavy atom. The van der Waals surface area contributed by atoms with Crippen molar-refractivity contribution in [2.45, 2.75) is 6.92 Å². The largest absolute Gasteiger partial charge is 0.396 e. The first-order valence-corrected chi connectivity index (χ1v) is 6.70. The third-order valence-electron chi connectivity index (χ3n) is 3.20. The lowest BCUT2D eigenvalue weighted by Crippen LogP contribution is -1.97. The Labute approximate surface area is 122 Å². The highest BCUT2D eigenvalue weighted by Crippen LogP contribution is 2.27. The fourth-order valence-corrected chi connectivity index (χ4v) is 2.38. The number of halogens is 1. The molecule has 0 saturated heterocycles. The molecule has 0 atom stereocenters. The van der Waals surface area contributed by atoms with Crippen LogP contribution in [-0.2, 0) is 0 Å². The van der Waals surface area contributed by atoms with Gasteiger partial charge in [0, 0.05) is 10.6 Å². The van der Waals surface area contributed by atoms with Crippen LogP contribution in [0.2, 0.25) is 5.02 Å². The van der Waals surface area contributed by atoms with E-state index >= 15 is 0 Å². The lowest BCUT2D eigenvalue weighted by molar-refractivity contribution is 0.876. The van der Waals surface area contributed by atoms with Crippen molar-refractivity contribution < 1.29 is 0 Å². The molecule has 20 heavy (non-hydrogen) atoms. The average Bonchev–Trinajstić information content (AvgIpc) is 2.81. The Balaban J connectivity index is 2.10. The summed E-state index contributed by atoms with van der Waals surface area (Å²) < 4.78 is 1.81. The van der Waals surface area contributed by atoms with Gasteiger partial charge in [0.1, 0.15) is 5.69 Å². The molecule has 1 aromatic heterocycles. The molecule has 2 N–H and O–H groups in total. The lowest BCUT2D eigenvalue weighted by atomic mass is 10.1. The van der Waals surface area contributed by atoms with E-state index in [1.807, 2.05) is 61.7 Å². The summed E-state index contributed by atoms with van der Waals surface area (Å²) in [7, 11) is 0. The van der Waals surface area contributed by atoms with Crippen LogP contribution in [0, 0.1) is 6.92 Å². The summed E-state index contributed by atoms with van der Waals surface area (Å²) in [5.41, 5.74) is 10.6. The highest BCUT2D eigenvalue weighted by molar-refractivity contribution is 6.30. The Morgan fingerprint density at radius 1 is 1.10 bits per heavy atom. The zero-order valence-electron chi connectivity index (χ0n) is 11.0. The third kappa shape index (κ3) is 2.28. The second-order valence-corrected chi connectivity index (χ2v) is 5.11. The molecular weight excluding hydrogens is 270 g/mol. The Hall–Kier alpha value is -2.26. The summed E-state index contributed by atoms with van der Waals surface area (Å²) in [6.45, 7) is 2.05. The second-order valence-electron chi connectivity index (χ2n) is 4.67. The van der Waals surface area contributed by atoms with Gasteiger partial charge in [-0.15, -0.1) is 0 Å². The normalized spacial score (nSPS) is 10.7. The topological polar surface area (TPSA) is 43.8 Å². The summed E-state index contributed by atoms with van der Waals surface area (Å²) in [5, 5.41) is 5.26. The van der Waals surface area contributed by atoms with Crippen LogP contribution in [0.25, 0.3) is 16.9 Å².